The number of phosphoric ester groups is 1. The minimum absolute atomic E-state index is 0.0242. The molecule has 0 radical (unpaired) electrons. The third-order valence-corrected chi connectivity index (χ3v) is 31.8. The third kappa shape index (κ3) is 23.0. The van der Waals surface area contributed by atoms with Crippen LogP contribution in [-0.2, 0) is 87.8 Å². The largest absolute Gasteiger partial charge is 0.491 e. The molecule has 0 fully saturated rings. The average Bonchev–Trinajstić information content (AvgIpc) is 1.60. The lowest BCUT2D eigenvalue weighted by Gasteiger charge is -2.12. The second-order valence-corrected chi connectivity index (χ2v) is 45.0. The predicted molar refractivity (Wildman–Crippen MR) is 554 cm³/mol. The van der Waals surface area contributed by atoms with Crippen LogP contribution >= 0.6 is 7.82 Å². The number of nitrogens with one attached hydrogen (secondary N) is 4. The molecule has 0 bridgehead atoms. The van der Waals surface area contributed by atoms with Crippen LogP contribution < -0.4 is 18.9 Å². The van der Waals surface area contributed by atoms with Gasteiger partial charge in [-0.05, 0) is 235 Å². The van der Waals surface area contributed by atoms with Gasteiger partial charge in [-0.3, -0.25) is 9.21 Å². The summed E-state index contributed by atoms with van der Waals surface area (Å²) in [5.41, 5.74) is 18.4. The summed E-state index contributed by atoms with van der Waals surface area (Å²) in [6.45, 7) is 18.9. The summed E-state index contributed by atoms with van der Waals surface area (Å²) in [6, 6.07) is 52.2. The molecular weight excluding hydrogens is 1930 g/mol. The maximum Gasteiger partial charge on any atom is 0.469 e. The maximum atomic E-state index is 12.6. The Hall–Kier alpha value is -14.7. The summed E-state index contributed by atoms with van der Waals surface area (Å²) < 4.78 is 148. The van der Waals surface area contributed by atoms with Gasteiger partial charge in [-0.1, -0.05) is 81.4 Å². The van der Waals surface area contributed by atoms with Crippen LogP contribution in [0.2, 0.25) is 0 Å². The molecule has 12 aromatic heterocycles. The molecule has 8 aromatic carbocycles. The second-order valence-electron chi connectivity index (χ2n) is 34.6. The van der Waals surface area contributed by atoms with E-state index in [1.807, 2.05) is 147 Å². The van der Waals surface area contributed by atoms with Crippen molar-refractivity contribution in [2.75, 3.05) is 49.4 Å². The number of aromatic nitrogens is 18. The number of ether oxygens (including phenoxy) is 4. The lowest BCUT2D eigenvalue weighted by molar-refractivity contribution is 0.187. The van der Waals surface area contributed by atoms with Gasteiger partial charge in [0.1, 0.15) is 64.8 Å². The van der Waals surface area contributed by atoms with Gasteiger partial charge in [-0.2, -0.15) is 0 Å². The second kappa shape index (κ2) is 43.6. The zero-order valence-corrected chi connectivity index (χ0v) is 84.4. The van der Waals surface area contributed by atoms with Crippen molar-refractivity contribution in [2.45, 2.75) is 140 Å². The zero-order valence-electron chi connectivity index (χ0n) is 80.2. The first-order valence-corrected chi connectivity index (χ1v) is 55.0. The quantitative estimate of drug-likeness (QED) is 0.0142. The van der Waals surface area contributed by atoms with Crippen LogP contribution in [0.15, 0.2) is 264 Å². The molecule has 0 saturated heterocycles. The molecule has 0 atom stereocenters. The van der Waals surface area contributed by atoms with Crippen LogP contribution in [0, 0.1) is 27.7 Å². The van der Waals surface area contributed by atoms with E-state index < -0.39 is 47.2 Å². The Kier molecular flexibility index (Phi) is 30.6. The average molecular weight is 2040 g/mol. The van der Waals surface area contributed by atoms with Crippen molar-refractivity contribution in [2.24, 2.45) is 0 Å². The number of benzene rings is 8. The SMILES string of the molecule is CCS(=O)(=O)c1cccc(-c2ccc(OCCCn3ccnn3)c3[nH]c4ncc(C)cc4c23)c1.CCS(=O)(=O)c1cccc(-c2ccc(OCCCn3cnc(CO)c3)c3[nH]c4ncc(C)cc4c23)c1.CCS(=O)(=O)c1cccc(-c2ccc(OCCCn3cnc(COP(=O)(O)O)c3)c3[nH]c4ncc(C)cc4c23)c1.CCS(=O)(=O)c1cccc(-c2ccc(OCCCn3cnnc3)c3[nH]c4ncc(C)cc4c23)c1. The number of nitrogens with zero attached hydrogens (tertiary/aromatic N) is 14. The van der Waals surface area contributed by atoms with Crippen molar-refractivity contribution in [1.29, 1.82) is 0 Å². The van der Waals surface area contributed by atoms with Gasteiger partial charge in [-0.25, -0.2) is 68.1 Å². The van der Waals surface area contributed by atoms with E-state index in [1.165, 1.54) is 0 Å². The minimum atomic E-state index is -4.55. The molecular formula is C104H107N18O17PS4. The number of sulfone groups is 4. The highest BCUT2D eigenvalue weighted by Gasteiger charge is 2.26. The number of phosphoric acid groups is 1. The smallest absolute Gasteiger partial charge is 0.469 e. The molecule has 0 unspecified atom stereocenters. The number of aliphatic hydroxyl groups excluding tert-OH is 1. The Morgan fingerprint density at radius 2 is 0.667 bits per heavy atom. The summed E-state index contributed by atoms with van der Waals surface area (Å²) in [7, 11) is -17.9. The fraction of sp³-hybridized carbons (Fsp3) is 0.250. The van der Waals surface area contributed by atoms with Crippen molar-refractivity contribution in [3.63, 3.8) is 0 Å². The molecule has 7 N–H and O–H groups in total. The summed E-state index contributed by atoms with van der Waals surface area (Å²) in [5, 5.41) is 32.2. The van der Waals surface area contributed by atoms with Gasteiger partial charge in [0.15, 0.2) is 39.3 Å². The number of aromatic amines is 4. The number of imidazole rings is 2. The molecule has 0 spiro atoms. The Labute approximate surface area is 830 Å². The van der Waals surface area contributed by atoms with E-state index >= 15 is 0 Å². The van der Waals surface area contributed by atoms with Crippen molar-refractivity contribution in [3.8, 4) is 67.5 Å². The van der Waals surface area contributed by atoms with Crippen LogP contribution in [0.1, 0.15) is 87.0 Å². The highest BCUT2D eigenvalue weighted by molar-refractivity contribution is 7.92. The zero-order chi connectivity index (χ0) is 101. The molecule has 744 valence electrons. The predicted octanol–water partition coefficient (Wildman–Crippen LogP) is 18.5. The molecule has 35 nitrogen and oxygen atoms in total. The van der Waals surface area contributed by atoms with Crippen LogP contribution in [-0.4, -0.2) is 187 Å². The van der Waals surface area contributed by atoms with E-state index in [-0.39, 0.29) is 41.1 Å². The molecule has 12 heterocycles. The minimum Gasteiger partial charge on any atom is -0.491 e. The van der Waals surface area contributed by atoms with Crippen LogP contribution in [0.4, 0.5) is 0 Å². The number of pyridine rings is 4. The molecule has 20 rings (SSSR count). The Morgan fingerprint density at radius 3 is 0.958 bits per heavy atom. The van der Waals surface area contributed by atoms with Gasteiger partial charge in [0, 0.05) is 119 Å². The van der Waals surface area contributed by atoms with Crippen molar-refractivity contribution < 1.29 is 76.6 Å². The lowest BCUT2D eigenvalue weighted by Crippen LogP contribution is -2.05. The summed E-state index contributed by atoms with van der Waals surface area (Å²) in [5.74, 6) is 3.01. The van der Waals surface area contributed by atoms with Crippen molar-refractivity contribution in [3.05, 3.63) is 278 Å². The summed E-state index contributed by atoms with van der Waals surface area (Å²) in [6.07, 6.45) is 23.9. The first kappa shape index (κ1) is 101. The van der Waals surface area contributed by atoms with Gasteiger partial charge >= 0.3 is 7.82 Å². The summed E-state index contributed by atoms with van der Waals surface area (Å²) >= 11 is 0. The number of aliphatic hydroxyl groups is 1. The first-order chi connectivity index (χ1) is 69.3. The number of rotatable bonds is 36. The molecule has 0 amide bonds. The Morgan fingerprint density at radius 1 is 0.361 bits per heavy atom. The maximum absolute atomic E-state index is 12.6. The molecule has 20 aromatic rings. The van der Waals surface area contributed by atoms with Gasteiger partial charge in [0.25, 0.3) is 0 Å². The molecule has 0 aliphatic heterocycles. The Bertz CT molecular complexity index is 8400. The van der Waals surface area contributed by atoms with Crippen LogP contribution in [0.3, 0.4) is 0 Å². The fourth-order valence-corrected chi connectivity index (χ4v) is 21.2. The monoisotopic (exact) mass is 2040 g/mol. The number of hydrogen-bond donors (Lipinski definition) is 7. The van der Waals surface area contributed by atoms with E-state index in [4.69, 9.17) is 28.7 Å². The van der Waals surface area contributed by atoms with E-state index in [9.17, 15) is 43.3 Å². The highest BCUT2D eigenvalue weighted by atomic mass is 32.2. The van der Waals surface area contributed by atoms with Gasteiger partial charge in [0.2, 0.25) is 0 Å². The van der Waals surface area contributed by atoms with Gasteiger partial charge in [-0.15, -0.1) is 15.3 Å². The number of aryl methyl sites for hydroxylation is 8. The summed E-state index contributed by atoms with van der Waals surface area (Å²) in [4.78, 5) is 59.1. The number of H-pyrrole nitrogens is 4. The third-order valence-electron chi connectivity index (χ3n) is 24.5. The molecule has 40 heteroatoms. The fourth-order valence-electron chi connectivity index (χ4n) is 17.1. The van der Waals surface area contributed by atoms with Gasteiger partial charge < -0.3 is 67.5 Å². The molecule has 144 heavy (non-hydrogen) atoms. The van der Waals surface area contributed by atoms with E-state index in [2.05, 4.69) is 93.1 Å². The topological polar surface area (TPSA) is 472 Å². The highest BCUT2D eigenvalue weighted by Crippen LogP contribution is 2.46. The van der Waals surface area contributed by atoms with E-state index in [0.717, 1.165) is 193 Å². The van der Waals surface area contributed by atoms with E-state index in [1.54, 1.807) is 154 Å². The van der Waals surface area contributed by atoms with E-state index in [0.29, 0.717) is 89.2 Å². The standard InChI is InChI=1S/C27H29N4O7PS.C27H28N4O4S.2C25H25N5O3S/c1-3-40(35,36)21-7-4-6-19(13-21)22-8-9-24(26-25(22)23-12-18(2)14-28-27(23)30-26)37-11-5-10-31-15-20(29-17-31)16-38-39(32,33)34;1-3-36(33,34)21-7-4-6-19(13-21)22-8-9-24(35-11-5-10-31-15-20(16-32)29-17-31)26-25(22)23-12-18(2)14-28-27(23)30-26;1-3-34(31,32)19-7-4-6-18(15-19)20-8-9-22(33-13-5-11-30-12-10-27-29-30)24-23(20)21-14-17(2)16-26-25(21)28-24;1-3-34(31,32)19-7-4-6-18(13-19)20-8-9-22(33-11-5-10-30-15-27-28-16-30)24-23(20)21-12-17(2)14-26-25(21)29-24/h4,6-9,12-15,17H,3,5,10-11,16H2,1-2H3,(H,28,30)(H2,32,33,34);4,6-9,12-15,17,32H,3,5,10-11,16H2,1-2H3,(H,28,30);4,6-10,12,14-16H,3,5,11,13H2,1-2H3,(H,26,28);4,6-9,12-16H,3,5,10-11H2,1-2H3,(H,26,29). The van der Waals surface area contributed by atoms with Crippen LogP contribution in [0.5, 0.6) is 23.0 Å². The molecule has 0 aliphatic rings. The normalized spacial score (nSPS) is 12.1. The van der Waals surface area contributed by atoms with Crippen LogP contribution in [0.25, 0.3) is 132 Å². The molecule has 0 saturated carbocycles. The first-order valence-electron chi connectivity index (χ1n) is 46.8. The number of hydrogen-bond acceptors (Lipinski definition) is 25. The Balaban J connectivity index is 0.000000132. The van der Waals surface area contributed by atoms with Crippen molar-refractivity contribution >= 4 is 135 Å². The molecule has 0 aliphatic carbocycles. The van der Waals surface area contributed by atoms with Gasteiger partial charge in [0.05, 0.1) is 128 Å². The number of fused-ring (bicyclic) bond motifs is 12. The lowest BCUT2D eigenvalue weighted by atomic mass is 9.99. The van der Waals surface area contributed by atoms with Crippen molar-refractivity contribution in [1.82, 2.24) is 88.7 Å².